The van der Waals surface area contributed by atoms with Crippen LogP contribution >= 0.6 is 15.6 Å². The number of carbonyl (C=O) groups is 1. The number of aromatic amines is 1. The smallest absolute Gasteiger partial charge is 0.466 e. The molecule has 1 aromatic heterocycles. The molecule has 0 bridgehead atoms. The molecule has 13 nitrogen and oxygen atoms in total. The Morgan fingerprint density at radius 3 is 1.81 bits per heavy atom. The highest BCUT2D eigenvalue weighted by Crippen LogP contribution is 2.26. The SMILES string of the molecule is NC(Cc1cnc[nH]1)C(=O)O.O=P(O)(O)O.O=P(O)(O)O. The molecule has 0 aromatic carbocycles. The third-order valence-corrected chi connectivity index (χ3v) is 1.31. The number of nitrogens with zero attached hydrogens (tertiary/aromatic N) is 1. The number of hydrogen-bond acceptors (Lipinski definition) is 5. The molecule has 21 heavy (non-hydrogen) atoms. The van der Waals surface area contributed by atoms with E-state index in [1.165, 1.54) is 6.33 Å². The van der Waals surface area contributed by atoms with E-state index in [-0.39, 0.29) is 6.42 Å². The first-order valence-corrected chi connectivity index (χ1v) is 7.85. The number of phosphoric acid groups is 2. The molecule has 1 rings (SSSR count). The largest absolute Gasteiger partial charge is 0.480 e. The van der Waals surface area contributed by atoms with Gasteiger partial charge in [-0.25, -0.2) is 14.1 Å². The van der Waals surface area contributed by atoms with Crippen molar-refractivity contribution < 1.29 is 48.4 Å². The van der Waals surface area contributed by atoms with Crippen molar-refractivity contribution in [2.75, 3.05) is 0 Å². The first kappa shape index (κ1) is 22.1. The summed E-state index contributed by atoms with van der Waals surface area (Å²) in [7, 11) is -9.28. The summed E-state index contributed by atoms with van der Waals surface area (Å²) in [4.78, 5) is 59.9. The third kappa shape index (κ3) is 27.9. The lowest BCUT2D eigenvalue weighted by Gasteiger charge is -2.02. The predicted molar refractivity (Wildman–Crippen MR) is 66.4 cm³/mol. The summed E-state index contributed by atoms with van der Waals surface area (Å²) in [5.41, 5.74) is 6.00. The number of nitrogens with two attached hydrogens (primary N) is 1. The van der Waals surface area contributed by atoms with E-state index in [1.807, 2.05) is 0 Å². The van der Waals surface area contributed by atoms with Crippen LogP contribution in [0.4, 0.5) is 0 Å². The molecule has 1 unspecified atom stereocenters. The molecule has 10 N–H and O–H groups in total. The fourth-order valence-corrected chi connectivity index (χ4v) is 0.721. The Hall–Kier alpha value is -1.14. The second-order valence-electron chi connectivity index (χ2n) is 3.25. The zero-order valence-electron chi connectivity index (χ0n) is 10.2. The van der Waals surface area contributed by atoms with Crippen molar-refractivity contribution in [3.05, 3.63) is 18.2 Å². The molecule has 0 fully saturated rings. The van der Waals surface area contributed by atoms with E-state index >= 15 is 0 Å². The Kier molecular flexibility index (Phi) is 10.3. The molecule has 124 valence electrons. The number of rotatable bonds is 3. The summed E-state index contributed by atoms with van der Waals surface area (Å²) < 4.78 is 17.8. The van der Waals surface area contributed by atoms with Crippen molar-refractivity contribution >= 4 is 21.6 Å². The van der Waals surface area contributed by atoms with Crippen LogP contribution in [0.25, 0.3) is 0 Å². The lowest BCUT2D eigenvalue weighted by Crippen LogP contribution is -2.32. The molecular weight excluding hydrogens is 336 g/mol. The van der Waals surface area contributed by atoms with Crippen molar-refractivity contribution in [1.82, 2.24) is 9.97 Å². The van der Waals surface area contributed by atoms with Crippen LogP contribution in [0.1, 0.15) is 5.69 Å². The molecule has 0 saturated carbocycles. The van der Waals surface area contributed by atoms with Crippen molar-refractivity contribution in [3.8, 4) is 0 Å². The number of nitrogens with one attached hydrogen (secondary N) is 1. The fraction of sp³-hybridized carbons (Fsp3) is 0.333. The van der Waals surface area contributed by atoms with Gasteiger partial charge in [0, 0.05) is 18.3 Å². The van der Waals surface area contributed by atoms with Crippen molar-refractivity contribution in [2.24, 2.45) is 5.73 Å². The maximum atomic E-state index is 10.3. The summed E-state index contributed by atoms with van der Waals surface area (Å²) in [6.45, 7) is 0. The van der Waals surface area contributed by atoms with Crippen LogP contribution in [-0.4, -0.2) is 56.4 Å². The molecule has 0 saturated heterocycles. The summed E-state index contributed by atoms with van der Waals surface area (Å²) in [6, 6.07) is -0.851. The van der Waals surface area contributed by atoms with E-state index in [9.17, 15) is 4.79 Å². The zero-order chi connectivity index (χ0) is 17.3. The Bertz CT molecular complexity index is 456. The predicted octanol–water partition coefficient (Wildman–Crippen LogP) is -2.49. The molecule has 15 heteroatoms. The molecule has 0 amide bonds. The van der Waals surface area contributed by atoms with E-state index in [2.05, 4.69) is 9.97 Å². The molecule has 0 radical (unpaired) electrons. The second kappa shape index (κ2) is 9.73. The van der Waals surface area contributed by atoms with E-state index in [1.54, 1.807) is 6.20 Å². The van der Waals surface area contributed by atoms with Crippen LogP contribution in [-0.2, 0) is 20.3 Å². The molecule has 0 aliphatic carbocycles. The molecule has 1 heterocycles. The van der Waals surface area contributed by atoms with Crippen molar-refractivity contribution in [1.29, 1.82) is 0 Å². The number of carboxylic acid groups (broad SMARTS) is 1. The monoisotopic (exact) mass is 351 g/mol. The zero-order valence-corrected chi connectivity index (χ0v) is 12.0. The topological polar surface area (TPSA) is 248 Å². The number of aliphatic carboxylic acids is 1. The first-order valence-electron chi connectivity index (χ1n) is 4.72. The molecule has 0 aliphatic heterocycles. The second-order valence-corrected chi connectivity index (χ2v) is 5.31. The Labute approximate surface area is 117 Å². The lowest BCUT2D eigenvalue weighted by atomic mass is 10.2. The number of H-pyrrole nitrogens is 1. The minimum Gasteiger partial charge on any atom is -0.480 e. The van der Waals surface area contributed by atoms with Crippen molar-refractivity contribution in [3.63, 3.8) is 0 Å². The van der Waals surface area contributed by atoms with Gasteiger partial charge in [0.25, 0.3) is 0 Å². The van der Waals surface area contributed by atoms with Crippen LogP contribution < -0.4 is 5.73 Å². The maximum Gasteiger partial charge on any atom is 0.466 e. The Morgan fingerprint density at radius 1 is 1.19 bits per heavy atom. The van der Waals surface area contributed by atoms with Gasteiger partial charge in [-0.3, -0.25) is 4.79 Å². The maximum absolute atomic E-state index is 10.3. The van der Waals surface area contributed by atoms with E-state index in [4.69, 9.17) is 49.3 Å². The number of hydrogen-bond donors (Lipinski definition) is 9. The van der Waals surface area contributed by atoms with Gasteiger partial charge in [-0.2, -0.15) is 0 Å². The summed E-state index contributed by atoms with van der Waals surface area (Å²) in [5.74, 6) is -1.00. The summed E-state index contributed by atoms with van der Waals surface area (Å²) in [5, 5.41) is 8.42. The number of imidazole rings is 1. The molecule has 0 aliphatic rings. The molecule has 1 aromatic rings. The first-order chi connectivity index (χ1) is 9.20. The summed E-state index contributed by atoms with van der Waals surface area (Å²) >= 11 is 0. The van der Waals surface area contributed by atoms with E-state index in [0.717, 1.165) is 5.69 Å². The highest BCUT2D eigenvalue weighted by atomic mass is 31.2. The van der Waals surface area contributed by atoms with E-state index < -0.39 is 27.7 Å². The van der Waals surface area contributed by atoms with Crippen LogP contribution in [0.15, 0.2) is 12.5 Å². The Morgan fingerprint density at radius 2 is 1.57 bits per heavy atom. The summed E-state index contributed by atoms with van der Waals surface area (Å²) in [6.07, 6.45) is 3.34. The highest BCUT2D eigenvalue weighted by molar-refractivity contribution is 7.45. The van der Waals surface area contributed by atoms with Gasteiger partial charge < -0.3 is 45.2 Å². The molecule has 0 spiro atoms. The normalized spacial score (nSPS) is 12.3. The quantitative estimate of drug-likeness (QED) is 0.256. The van der Waals surface area contributed by atoms with Gasteiger partial charge in [0.2, 0.25) is 0 Å². The van der Waals surface area contributed by atoms with Gasteiger partial charge in [0.05, 0.1) is 6.33 Å². The van der Waals surface area contributed by atoms with Crippen LogP contribution in [0.5, 0.6) is 0 Å². The van der Waals surface area contributed by atoms with E-state index in [0.29, 0.717) is 0 Å². The Balaban J connectivity index is 0. The van der Waals surface area contributed by atoms with Gasteiger partial charge >= 0.3 is 21.6 Å². The number of carboxylic acids is 1. The highest BCUT2D eigenvalue weighted by Gasteiger charge is 2.12. The minimum absolute atomic E-state index is 0.287. The standard InChI is InChI=1S/C6H9N3O2.2H3O4P/c7-5(6(10)11)1-4-2-8-3-9-4;2*1-5(2,3)4/h2-3,5H,1,7H2,(H,8,9)(H,10,11);2*(H3,1,2,3,4). The lowest BCUT2D eigenvalue weighted by molar-refractivity contribution is -0.138. The fourth-order valence-electron chi connectivity index (χ4n) is 0.721. The van der Waals surface area contributed by atoms with Gasteiger partial charge in [0.1, 0.15) is 6.04 Å². The van der Waals surface area contributed by atoms with Crippen molar-refractivity contribution in [2.45, 2.75) is 12.5 Å². The number of aromatic nitrogens is 2. The van der Waals surface area contributed by atoms with Gasteiger partial charge in [0.15, 0.2) is 0 Å². The van der Waals surface area contributed by atoms with Crippen LogP contribution in [0, 0.1) is 0 Å². The molecule has 1 atom stereocenters. The van der Waals surface area contributed by atoms with Crippen LogP contribution in [0.3, 0.4) is 0 Å². The van der Waals surface area contributed by atoms with Gasteiger partial charge in [-0.1, -0.05) is 0 Å². The average Bonchev–Trinajstić information content (AvgIpc) is 2.64. The third-order valence-electron chi connectivity index (χ3n) is 1.31. The average molecular weight is 351 g/mol. The van der Waals surface area contributed by atoms with Gasteiger partial charge in [-0.15, -0.1) is 0 Å². The minimum atomic E-state index is -4.64. The molecular formula is C6H15N3O10P2. The van der Waals surface area contributed by atoms with Gasteiger partial charge in [-0.05, 0) is 0 Å². The van der Waals surface area contributed by atoms with Crippen LogP contribution in [0.2, 0.25) is 0 Å².